The lowest BCUT2D eigenvalue weighted by molar-refractivity contribution is 0.0928. The minimum Gasteiger partial charge on any atom is -0.329 e. The molecule has 0 amide bonds. The molecular formula is C15H32N2. The summed E-state index contributed by atoms with van der Waals surface area (Å²) in [4.78, 5) is 2.66. The lowest BCUT2D eigenvalue weighted by Crippen LogP contribution is -2.48. The molecule has 3 unspecified atom stereocenters. The van der Waals surface area contributed by atoms with Crippen molar-refractivity contribution in [1.82, 2.24) is 4.90 Å². The average molecular weight is 240 g/mol. The summed E-state index contributed by atoms with van der Waals surface area (Å²) in [5.41, 5.74) is 5.97. The van der Waals surface area contributed by atoms with Gasteiger partial charge in [-0.25, -0.2) is 0 Å². The molecule has 2 nitrogen and oxygen atoms in total. The summed E-state index contributed by atoms with van der Waals surface area (Å²) in [5.74, 6) is 1.70. The molecule has 3 atom stereocenters. The van der Waals surface area contributed by atoms with Gasteiger partial charge in [-0.05, 0) is 24.7 Å². The summed E-state index contributed by atoms with van der Waals surface area (Å²) in [5, 5.41) is 0. The van der Waals surface area contributed by atoms with Crippen LogP contribution in [0.5, 0.6) is 0 Å². The van der Waals surface area contributed by atoms with E-state index in [2.05, 4.69) is 25.7 Å². The van der Waals surface area contributed by atoms with Gasteiger partial charge in [0.1, 0.15) is 0 Å². The van der Waals surface area contributed by atoms with Crippen molar-refractivity contribution in [3.05, 3.63) is 0 Å². The van der Waals surface area contributed by atoms with Crippen molar-refractivity contribution >= 4 is 0 Å². The van der Waals surface area contributed by atoms with Crippen molar-refractivity contribution in [2.24, 2.45) is 17.6 Å². The second-order valence-corrected chi connectivity index (χ2v) is 6.14. The summed E-state index contributed by atoms with van der Waals surface area (Å²) in [6.45, 7) is 10.4. The zero-order chi connectivity index (χ0) is 12.7. The molecule has 17 heavy (non-hydrogen) atoms. The maximum Gasteiger partial charge on any atom is 0.0218 e. The fraction of sp³-hybridized carbons (Fsp3) is 1.00. The van der Waals surface area contributed by atoms with Gasteiger partial charge >= 0.3 is 0 Å². The number of nitrogens with zero attached hydrogens (tertiary/aromatic N) is 1. The van der Waals surface area contributed by atoms with E-state index in [0.29, 0.717) is 6.04 Å². The average Bonchev–Trinajstić information content (AvgIpc) is 2.28. The Balaban J connectivity index is 2.32. The van der Waals surface area contributed by atoms with E-state index in [1.807, 2.05) is 0 Å². The summed E-state index contributed by atoms with van der Waals surface area (Å²) < 4.78 is 0. The number of hydrogen-bond donors (Lipinski definition) is 1. The standard InChI is InChI=1S/C15H32N2/c1-4-5-6-7-8-15(10-16)17-11-13(2)9-14(3)12-17/h13-15H,4-12,16H2,1-3H3. The third kappa shape index (κ3) is 5.39. The molecule has 102 valence electrons. The maximum absolute atomic E-state index is 5.97. The first-order valence-electron chi connectivity index (χ1n) is 7.61. The largest absolute Gasteiger partial charge is 0.329 e. The zero-order valence-corrected chi connectivity index (χ0v) is 12.1. The molecule has 2 N–H and O–H groups in total. The smallest absolute Gasteiger partial charge is 0.0218 e. The SMILES string of the molecule is CCCCCCC(CN)N1CC(C)CC(C)C1. The van der Waals surface area contributed by atoms with Gasteiger partial charge in [0.2, 0.25) is 0 Å². The van der Waals surface area contributed by atoms with Crippen LogP contribution in [0, 0.1) is 11.8 Å². The molecule has 1 aliphatic heterocycles. The quantitative estimate of drug-likeness (QED) is 0.692. The lowest BCUT2D eigenvalue weighted by Gasteiger charge is -2.40. The normalized spacial score (nSPS) is 28.2. The fourth-order valence-electron chi connectivity index (χ4n) is 3.27. The number of rotatable bonds is 7. The van der Waals surface area contributed by atoms with E-state index in [1.165, 1.54) is 51.6 Å². The predicted molar refractivity (Wildman–Crippen MR) is 76.1 cm³/mol. The third-order valence-corrected chi connectivity index (χ3v) is 4.08. The Morgan fingerprint density at radius 1 is 1.12 bits per heavy atom. The molecular weight excluding hydrogens is 208 g/mol. The number of hydrogen-bond acceptors (Lipinski definition) is 2. The van der Waals surface area contributed by atoms with Crippen LogP contribution in [0.1, 0.15) is 59.3 Å². The van der Waals surface area contributed by atoms with Crippen LogP contribution in [0.4, 0.5) is 0 Å². The molecule has 0 spiro atoms. The van der Waals surface area contributed by atoms with Crippen molar-refractivity contribution in [1.29, 1.82) is 0 Å². The molecule has 0 aromatic rings. The first-order valence-corrected chi connectivity index (χ1v) is 7.61. The van der Waals surface area contributed by atoms with E-state index in [1.54, 1.807) is 0 Å². The van der Waals surface area contributed by atoms with Crippen LogP contribution in [0.3, 0.4) is 0 Å². The highest BCUT2D eigenvalue weighted by atomic mass is 15.2. The molecule has 1 fully saturated rings. The van der Waals surface area contributed by atoms with Crippen LogP contribution in [0.2, 0.25) is 0 Å². The van der Waals surface area contributed by atoms with E-state index in [0.717, 1.165) is 18.4 Å². The Kier molecular flexibility index (Phi) is 7.14. The van der Waals surface area contributed by atoms with Gasteiger partial charge in [0.25, 0.3) is 0 Å². The van der Waals surface area contributed by atoms with Gasteiger partial charge in [-0.15, -0.1) is 0 Å². The highest BCUT2D eigenvalue weighted by Gasteiger charge is 2.26. The van der Waals surface area contributed by atoms with Crippen LogP contribution >= 0.6 is 0 Å². The molecule has 1 saturated heterocycles. The highest BCUT2D eigenvalue weighted by Crippen LogP contribution is 2.24. The zero-order valence-electron chi connectivity index (χ0n) is 12.1. The molecule has 0 bridgehead atoms. The molecule has 0 radical (unpaired) electrons. The molecule has 1 aliphatic rings. The monoisotopic (exact) mass is 240 g/mol. The maximum atomic E-state index is 5.97. The van der Waals surface area contributed by atoms with E-state index >= 15 is 0 Å². The van der Waals surface area contributed by atoms with Gasteiger partial charge in [-0.2, -0.15) is 0 Å². The van der Waals surface area contributed by atoms with Crippen molar-refractivity contribution in [3.8, 4) is 0 Å². The van der Waals surface area contributed by atoms with Crippen LogP contribution in [-0.4, -0.2) is 30.6 Å². The second-order valence-electron chi connectivity index (χ2n) is 6.14. The number of nitrogens with two attached hydrogens (primary N) is 1. The topological polar surface area (TPSA) is 29.3 Å². The Bertz CT molecular complexity index is 183. The first-order chi connectivity index (χ1) is 8.17. The summed E-state index contributed by atoms with van der Waals surface area (Å²) in [6.07, 6.45) is 8.13. The molecule has 1 rings (SSSR count). The van der Waals surface area contributed by atoms with Crippen LogP contribution in [-0.2, 0) is 0 Å². The Hall–Kier alpha value is -0.0800. The minimum absolute atomic E-state index is 0.636. The van der Waals surface area contributed by atoms with E-state index < -0.39 is 0 Å². The summed E-state index contributed by atoms with van der Waals surface area (Å²) in [6, 6.07) is 0.636. The van der Waals surface area contributed by atoms with Crippen molar-refractivity contribution in [2.45, 2.75) is 65.3 Å². The number of unbranched alkanes of at least 4 members (excludes halogenated alkanes) is 3. The van der Waals surface area contributed by atoms with Gasteiger partial charge in [0.05, 0.1) is 0 Å². The predicted octanol–water partition coefficient (Wildman–Crippen LogP) is 3.26. The molecule has 0 saturated carbocycles. The second kappa shape index (κ2) is 8.10. The highest BCUT2D eigenvalue weighted by molar-refractivity contribution is 4.81. The Labute approximate surface area is 108 Å². The van der Waals surface area contributed by atoms with Crippen molar-refractivity contribution in [3.63, 3.8) is 0 Å². The fourth-order valence-corrected chi connectivity index (χ4v) is 3.27. The summed E-state index contributed by atoms with van der Waals surface area (Å²) in [7, 11) is 0. The van der Waals surface area contributed by atoms with E-state index in [4.69, 9.17) is 5.73 Å². The number of likely N-dealkylation sites (tertiary alicyclic amines) is 1. The molecule has 0 aliphatic carbocycles. The Morgan fingerprint density at radius 2 is 1.76 bits per heavy atom. The van der Waals surface area contributed by atoms with Gasteiger partial charge in [0.15, 0.2) is 0 Å². The van der Waals surface area contributed by atoms with Crippen LogP contribution in [0.15, 0.2) is 0 Å². The van der Waals surface area contributed by atoms with Gasteiger partial charge in [-0.1, -0.05) is 46.5 Å². The van der Waals surface area contributed by atoms with Gasteiger partial charge in [-0.3, -0.25) is 4.90 Å². The van der Waals surface area contributed by atoms with Crippen molar-refractivity contribution in [2.75, 3.05) is 19.6 Å². The Morgan fingerprint density at radius 3 is 2.29 bits per heavy atom. The van der Waals surface area contributed by atoms with Gasteiger partial charge < -0.3 is 5.73 Å². The molecule has 0 aromatic heterocycles. The third-order valence-electron chi connectivity index (χ3n) is 4.08. The number of piperidine rings is 1. The lowest BCUT2D eigenvalue weighted by atomic mass is 9.90. The minimum atomic E-state index is 0.636. The van der Waals surface area contributed by atoms with Crippen molar-refractivity contribution < 1.29 is 0 Å². The molecule has 1 heterocycles. The summed E-state index contributed by atoms with van der Waals surface area (Å²) >= 11 is 0. The molecule has 2 heteroatoms. The van der Waals surface area contributed by atoms with Gasteiger partial charge in [0, 0.05) is 25.7 Å². The first kappa shape index (κ1) is 15.0. The van der Waals surface area contributed by atoms with E-state index in [9.17, 15) is 0 Å². The van der Waals surface area contributed by atoms with E-state index in [-0.39, 0.29) is 0 Å². The van der Waals surface area contributed by atoms with Crippen LogP contribution in [0.25, 0.3) is 0 Å². The molecule has 0 aromatic carbocycles. The van der Waals surface area contributed by atoms with Crippen LogP contribution < -0.4 is 5.73 Å².